The molecule has 7 heteroatoms. The third-order valence-corrected chi connectivity index (χ3v) is 4.66. The van der Waals surface area contributed by atoms with Crippen molar-refractivity contribution < 1.29 is 14.3 Å². The molecular formula is C18H23FN4O2. The Balaban J connectivity index is 1.68. The van der Waals surface area contributed by atoms with Gasteiger partial charge < -0.3 is 15.7 Å². The normalized spacial score (nSPS) is 16.1. The van der Waals surface area contributed by atoms with Gasteiger partial charge >= 0.3 is 0 Å². The number of amides is 1. The fourth-order valence-electron chi connectivity index (χ4n) is 3.27. The molecule has 0 radical (unpaired) electrons. The van der Waals surface area contributed by atoms with Crippen molar-refractivity contribution in [2.45, 2.75) is 38.1 Å². The van der Waals surface area contributed by atoms with Crippen LogP contribution in [0.25, 0.3) is 5.69 Å². The number of rotatable bonds is 6. The quantitative estimate of drug-likeness (QED) is 0.749. The van der Waals surface area contributed by atoms with Crippen LogP contribution >= 0.6 is 0 Å². The minimum absolute atomic E-state index is 0.0346. The second-order valence-electron chi connectivity index (χ2n) is 6.61. The molecule has 1 aromatic heterocycles. The van der Waals surface area contributed by atoms with Gasteiger partial charge in [-0.3, -0.25) is 4.79 Å². The van der Waals surface area contributed by atoms with Crippen molar-refractivity contribution in [3.05, 3.63) is 41.8 Å². The van der Waals surface area contributed by atoms with Gasteiger partial charge in [0.05, 0.1) is 24.5 Å². The summed E-state index contributed by atoms with van der Waals surface area (Å²) in [6, 6.07) is 7.68. The molecule has 3 N–H and O–H groups in total. The Hall–Kier alpha value is -2.25. The standard InChI is InChI=1S/C18H23FN4O2/c1-13-10-16(23(22-13)15-6-4-14(19)5-7-15)21-17(25)11-20-18(12-24)8-2-3-9-18/h4-7,10,20,24H,2-3,8-9,11-12H2,1H3,(H,21,25). The van der Waals surface area contributed by atoms with E-state index in [9.17, 15) is 14.3 Å². The third kappa shape index (κ3) is 4.05. The van der Waals surface area contributed by atoms with Gasteiger partial charge in [-0.25, -0.2) is 9.07 Å². The predicted molar refractivity (Wildman–Crippen MR) is 93.2 cm³/mol. The minimum Gasteiger partial charge on any atom is -0.394 e. The van der Waals surface area contributed by atoms with Crippen molar-refractivity contribution in [2.24, 2.45) is 0 Å². The maximum atomic E-state index is 13.1. The SMILES string of the molecule is Cc1cc(NC(=O)CNC2(CO)CCCC2)n(-c2ccc(F)cc2)n1. The van der Waals surface area contributed by atoms with Gasteiger partial charge in [-0.2, -0.15) is 5.10 Å². The molecule has 2 aromatic rings. The average Bonchev–Trinajstić information content (AvgIpc) is 3.21. The second kappa shape index (κ2) is 7.33. The van der Waals surface area contributed by atoms with Gasteiger partial charge in [0.1, 0.15) is 11.6 Å². The summed E-state index contributed by atoms with van der Waals surface area (Å²) in [6.07, 6.45) is 3.88. The summed E-state index contributed by atoms with van der Waals surface area (Å²) < 4.78 is 14.7. The van der Waals surface area contributed by atoms with E-state index in [0.717, 1.165) is 31.4 Å². The van der Waals surface area contributed by atoms with Crippen LogP contribution in [0.1, 0.15) is 31.4 Å². The number of carbonyl (C=O) groups excluding carboxylic acids is 1. The van der Waals surface area contributed by atoms with E-state index in [1.165, 1.54) is 12.1 Å². The number of hydrogen-bond donors (Lipinski definition) is 3. The van der Waals surface area contributed by atoms with E-state index in [-0.39, 0.29) is 30.4 Å². The molecule has 0 bridgehead atoms. The average molecular weight is 346 g/mol. The lowest BCUT2D eigenvalue weighted by molar-refractivity contribution is -0.115. The summed E-state index contributed by atoms with van der Waals surface area (Å²) in [5.74, 6) is -0.00311. The molecule has 6 nitrogen and oxygen atoms in total. The molecule has 0 spiro atoms. The van der Waals surface area contributed by atoms with Crippen LogP contribution in [0.2, 0.25) is 0 Å². The molecule has 1 aromatic carbocycles. The zero-order valence-electron chi connectivity index (χ0n) is 14.3. The van der Waals surface area contributed by atoms with Gasteiger partial charge in [0.25, 0.3) is 0 Å². The number of aliphatic hydroxyl groups is 1. The Bertz CT molecular complexity index is 736. The van der Waals surface area contributed by atoms with Crippen molar-refractivity contribution >= 4 is 11.7 Å². The second-order valence-corrected chi connectivity index (χ2v) is 6.61. The Morgan fingerprint density at radius 1 is 1.32 bits per heavy atom. The number of aryl methyl sites for hydroxylation is 1. The highest BCUT2D eigenvalue weighted by molar-refractivity contribution is 5.91. The number of nitrogens with one attached hydrogen (secondary N) is 2. The highest BCUT2D eigenvalue weighted by atomic mass is 19.1. The van der Waals surface area contributed by atoms with Crippen molar-refractivity contribution in [1.82, 2.24) is 15.1 Å². The van der Waals surface area contributed by atoms with Gasteiger partial charge in [-0.1, -0.05) is 12.8 Å². The Morgan fingerprint density at radius 3 is 2.64 bits per heavy atom. The first kappa shape index (κ1) is 17.6. The lowest BCUT2D eigenvalue weighted by Gasteiger charge is -2.27. The molecule has 1 aliphatic carbocycles. The van der Waals surface area contributed by atoms with E-state index in [4.69, 9.17) is 0 Å². The summed E-state index contributed by atoms with van der Waals surface area (Å²) in [5, 5.41) is 20.0. The number of hydrogen-bond acceptors (Lipinski definition) is 4. The zero-order valence-corrected chi connectivity index (χ0v) is 14.3. The van der Waals surface area contributed by atoms with Crippen LogP contribution in [0.15, 0.2) is 30.3 Å². The molecule has 134 valence electrons. The first-order valence-electron chi connectivity index (χ1n) is 8.50. The summed E-state index contributed by atoms with van der Waals surface area (Å²) in [5.41, 5.74) is 1.07. The van der Waals surface area contributed by atoms with E-state index in [1.807, 2.05) is 6.92 Å². The number of halogens is 1. The van der Waals surface area contributed by atoms with E-state index in [1.54, 1.807) is 22.9 Å². The van der Waals surface area contributed by atoms with Crippen molar-refractivity contribution in [2.75, 3.05) is 18.5 Å². The van der Waals surface area contributed by atoms with Gasteiger partial charge in [0.15, 0.2) is 0 Å². The Labute approximate surface area is 146 Å². The fourth-order valence-corrected chi connectivity index (χ4v) is 3.27. The van der Waals surface area contributed by atoms with Crippen LogP contribution in [0.5, 0.6) is 0 Å². The van der Waals surface area contributed by atoms with Crippen molar-refractivity contribution in [3.8, 4) is 5.69 Å². The van der Waals surface area contributed by atoms with Gasteiger partial charge in [0, 0.05) is 11.6 Å². The lowest BCUT2D eigenvalue weighted by atomic mass is 9.99. The molecule has 0 unspecified atom stereocenters. The van der Waals surface area contributed by atoms with Crippen LogP contribution < -0.4 is 10.6 Å². The van der Waals surface area contributed by atoms with Crippen molar-refractivity contribution in [3.63, 3.8) is 0 Å². The summed E-state index contributed by atoms with van der Waals surface area (Å²) in [7, 11) is 0. The van der Waals surface area contributed by atoms with Crippen LogP contribution in [0, 0.1) is 12.7 Å². The van der Waals surface area contributed by atoms with E-state index in [2.05, 4.69) is 15.7 Å². The summed E-state index contributed by atoms with van der Waals surface area (Å²) in [6.45, 7) is 1.98. The number of carbonyl (C=O) groups is 1. The van der Waals surface area contributed by atoms with Crippen molar-refractivity contribution in [1.29, 1.82) is 0 Å². The number of anilines is 1. The molecular weight excluding hydrogens is 323 g/mol. The van der Waals surface area contributed by atoms with Gasteiger partial charge in [-0.05, 0) is 44.0 Å². The molecule has 1 amide bonds. The smallest absolute Gasteiger partial charge is 0.239 e. The maximum Gasteiger partial charge on any atom is 0.239 e. The van der Waals surface area contributed by atoms with Crippen LogP contribution in [0.3, 0.4) is 0 Å². The first-order chi connectivity index (χ1) is 12.0. The highest BCUT2D eigenvalue weighted by Gasteiger charge is 2.33. The van der Waals surface area contributed by atoms with E-state index >= 15 is 0 Å². The number of aromatic nitrogens is 2. The topological polar surface area (TPSA) is 79.2 Å². The molecule has 25 heavy (non-hydrogen) atoms. The maximum absolute atomic E-state index is 13.1. The molecule has 0 aliphatic heterocycles. The molecule has 0 saturated heterocycles. The predicted octanol–water partition coefficient (Wildman–Crippen LogP) is 2.15. The summed E-state index contributed by atoms with van der Waals surface area (Å²) >= 11 is 0. The van der Waals surface area contributed by atoms with Crippen LogP contribution in [-0.2, 0) is 4.79 Å². The van der Waals surface area contributed by atoms with Gasteiger partial charge in [0.2, 0.25) is 5.91 Å². The lowest BCUT2D eigenvalue weighted by Crippen LogP contribution is -2.49. The fraction of sp³-hybridized carbons (Fsp3) is 0.444. The molecule has 0 atom stereocenters. The third-order valence-electron chi connectivity index (χ3n) is 4.66. The van der Waals surface area contributed by atoms with Gasteiger partial charge in [-0.15, -0.1) is 0 Å². The molecule has 1 saturated carbocycles. The monoisotopic (exact) mass is 346 g/mol. The zero-order chi connectivity index (χ0) is 17.9. The molecule has 3 rings (SSSR count). The minimum atomic E-state index is -0.343. The largest absolute Gasteiger partial charge is 0.394 e. The molecule has 1 fully saturated rings. The molecule has 1 aliphatic rings. The number of benzene rings is 1. The van der Waals surface area contributed by atoms with Crippen LogP contribution in [-0.4, -0.2) is 39.5 Å². The Kier molecular flexibility index (Phi) is 5.15. The van der Waals surface area contributed by atoms with E-state index < -0.39 is 0 Å². The Morgan fingerprint density at radius 2 is 2.00 bits per heavy atom. The van der Waals surface area contributed by atoms with Crippen LogP contribution in [0.4, 0.5) is 10.2 Å². The number of nitrogens with zero attached hydrogens (tertiary/aromatic N) is 2. The first-order valence-corrected chi connectivity index (χ1v) is 8.50. The molecule has 1 heterocycles. The summed E-state index contributed by atoms with van der Waals surface area (Å²) in [4.78, 5) is 12.3. The van der Waals surface area contributed by atoms with E-state index in [0.29, 0.717) is 11.5 Å². The highest BCUT2D eigenvalue weighted by Crippen LogP contribution is 2.28. The number of aliphatic hydroxyl groups excluding tert-OH is 1.